The van der Waals surface area contributed by atoms with Crippen molar-refractivity contribution in [3.8, 4) is 11.4 Å². The summed E-state index contributed by atoms with van der Waals surface area (Å²) >= 11 is 0. The number of nitrogens with zero attached hydrogens (tertiary/aromatic N) is 2. The van der Waals surface area contributed by atoms with Gasteiger partial charge in [0.1, 0.15) is 5.82 Å². The van der Waals surface area contributed by atoms with E-state index in [1.165, 1.54) is 12.1 Å². The van der Waals surface area contributed by atoms with Crippen molar-refractivity contribution in [2.75, 3.05) is 0 Å². The van der Waals surface area contributed by atoms with Crippen molar-refractivity contribution in [2.24, 2.45) is 0 Å². The van der Waals surface area contributed by atoms with Gasteiger partial charge in [0.05, 0.1) is 10.9 Å². The van der Waals surface area contributed by atoms with Crippen LogP contribution in [0.5, 0.6) is 0 Å². The van der Waals surface area contributed by atoms with Crippen LogP contribution in [0.1, 0.15) is 18.9 Å². The SMILES string of the molecule is C[C@@H](NS(=O)(=O)c1ccc(F)cc1)c1nc(-c2ccccc2)no1. The Morgan fingerprint density at radius 3 is 2.42 bits per heavy atom. The van der Waals surface area contributed by atoms with Gasteiger partial charge in [-0.25, -0.2) is 12.8 Å². The number of halogens is 1. The van der Waals surface area contributed by atoms with E-state index < -0.39 is 21.9 Å². The average molecular weight is 347 g/mol. The molecule has 0 spiro atoms. The minimum Gasteiger partial charge on any atom is -0.337 e. The van der Waals surface area contributed by atoms with E-state index in [0.29, 0.717) is 5.82 Å². The lowest BCUT2D eigenvalue weighted by atomic mass is 10.2. The normalized spacial score (nSPS) is 12.9. The molecule has 2 aromatic carbocycles. The second kappa shape index (κ2) is 6.50. The minimum absolute atomic E-state index is 0.0430. The lowest BCUT2D eigenvalue weighted by Gasteiger charge is -2.10. The predicted octanol–water partition coefficient (Wildman–Crippen LogP) is 2.92. The van der Waals surface area contributed by atoms with Crippen LogP contribution in [-0.2, 0) is 10.0 Å². The van der Waals surface area contributed by atoms with E-state index >= 15 is 0 Å². The molecule has 6 nitrogen and oxygen atoms in total. The molecular formula is C16H14FN3O3S. The molecule has 0 saturated heterocycles. The van der Waals surface area contributed by atoms with Gasteiger partial charge in [-0.15, -0.1) is 0 Å². The van der Waals surface area contributed by atoms with Gasteiger partial charge in [0.15, 0.2) is 0 Å². The third-order valence-electron chi connectivity index (χ3n) is 3.30. The maximum Gasteiger partial charge on any atom is 0.244 e. The van der Waals surface area contributed by atoms with Crippen LogP contribution in [0.25, 0.3) is 11.4 Å². The van der Waals surface area contributed by atoms with Crippen LogP contribution in [0.15, 0.2) is 64.0 Å². The zero-order valence-corrected chi connectivity index (χ0v) is 13.5. The Hall–Kier alpha value is -2.58. The molecule has 0 fully saturated rings. The van der Waals surface area contributed by atoms with Gasteiger partial charge < -0.3 is 4.52 Å². The topological polar surface area (TPSA) is 85.1 Å². The van der Waals surface area contributed by atoms with Crippen molar-refractivity contribution in [2.45, 2.75) is 17.9 Å². The fourth-order valence-corrected chi connectivity index (χ4v) is 3.28. The highest BCUT2D eigenvalue weighted by molar-refractivity contribution is 7.89. The van der Waals surface area contributed by atoms with Crippen molar-refractivity contribution in [3.05, 3.63) is 66.3 Å². The van der Waals surface area contributed by atoms with Crippen LogP contribution in [0.2, 0.25) is 0 Å². The molecule has 0 unspecified atom stereocenters. The monoisotopic (exact) mass is 347 g/mol. The van der Waals surface area contributed by atoms with Crippen LogP contribution in [-0.4, -0.2) is 18.6 Å². The van der Waals surface area contributed by atoms with Crippen molar-refractivity contribution in [1.29, 1.82) is 0 Å². The average Bonchev–Trinajstić information content (AvgIpc) is 3.06. The summed E-state index contributed by atoms with van der Waals surface area (Å²) in [6.45, 7) is 1.59. The molecule has 124 valence electrons. The molecule has 24 heavy (non-hydrogen) atoms. The molecule has 3 aromatic rings. The molecule has 0 aliphatic carbocycles. The first-order valence-electron chi connectivity index (χ1n) is 7.12. The number of sulfonamides is 1. The van der Waals surface area contributed by atoms with E-state index in [-0.39, 0.29) is 10.8 Å². The highest BCUT2D eigenvalue weighted by atomic mass is 32.2. The quantitative estimate of drug-likeness (QED) is 0.767. The third kappa shape index (κ3) is 3.50. The summed E-state index contributed by atoms with van der Waals surface area (Å²) in [5, 5.41) is 3.85. The van der Waals surface area contributed by atoms with Crippen molar-refractivity contribution >= 4 is 10.0 Å². The van der Waals surface area contributed by atoms with Gasteiger partial charge in [0.25, 0.3) is 0 Å². The summed E-state index contributed by atoms with van der Waals surface area (Å²) < 4.78 is 45.0. The third-order valence-corrected chi connectivity index (χ3v) is 4.86. The Morgan fingerprint density at radius 1 is 1.08 bits per heavy atom. The molecule has 1 atom stereocenters. The standard InChI is InChI=1S/C16H14FN3O3S/c1-11(20-24(21,22)14-9-7-13(17)8-10-14)16-18-15(19-23-16)12-5-3-2-4-6-12/h2-11,20H,1H3/t11-/m1/s1. The second-order valence-electron chi connectivity index (χ2n) is 5.12. The number of aromatic nitrogens is 2. The van der Waals surface area contributed by atoms with E-state index in [2.05, 4.69) is 14.9 Å². The van der Waals surface area contributed by atoms with Crippen LogP contribution in [0, 0.1) is 5.82 Å². The Morgan fingerprint density at radius 2 is 1.75 bits per heavy atom. The Kier molecular flexibility index (Phi) is 4.41. The Labute approximate surface area is 138 Å². The molecular weight excluding hydrogens is 333 g/mol. The van der Waals surface area contributed by atoms with Gasteiger partial charge in [-0.2, -0.15) is 9.71 Å². The van der Waals surface area contributed by atoms with Crippen molar-refractivity contribution in [1.82, 2.24) is 14.9 Å². The van der Waals surface area contributed by atoms with E-state index in [0.717, 1.165) is 17.7 Å². The maximum atomic E-state index is 12.9. The van der Waals surface area contributed by atoms with E-state index in [9.17, 15) is 12.8 Å². The number of rotatable bonds is 5. The van der Waals surface area contributed by atoms with E-state index in [4.69, 9.17) is 4.52 Å². The van der Waals surface area contributed by atoms with Crippen LogP contribution in [0.3, 0.4) is 0 Å². The van der Waals surface area contributed by atoms with Gasteiger partial charge in [-0.05, 0) is 31.2 Å². The smallest absolute Gasteiger partial charge is 0.244 e. The molecule has 0 amide bonds. The zero-order valence-electron chi connectivity index (χ0n) is 12.7. The first-order chi connectivity index (χ1) is 11.5. The summed E-state index contributed by atoms with van der Waals surface area (Å²) in [6, 6.07) is 13.0. The van der Waals surface area contributed by atoms with Crippen LogP contribution >= 0.6 is 0 Å². The number of hydrogen-bond donors (Lipinski definition) is 1. The molecule has 0 saturated carbocycles. The molecule has 1 aromatic heterocycles. The van der Waals surface area contributed by atoms with Crippen LogP contribution in [0.4, 0.5) is 4.39 Å². The lowest BCUT2D eigenvalue weighted by molar-refractivity contribution is 0.354. The summed E-state index contributed by atoms with van der Waals surface area (Å²) in [5.74, 6) is 0.00405. The highest BCUT2D eigenvalue weighted by Crippen LogP contribution is 2.20. The van der Waals surface area contributed by atoms with Gasteiger partial charge in [0, 0.05) is 5.56 Å². The summed E-state index contributed by atoms with van der Waals surface area (Å²) in [6.07, 6.45) is 0. The predicted molar refractivity (Wildman–Crippen MR) is 84.9 cm³/mol. The zero-order chi connectivity index (χ0) is 17.2. The summed E-state index contributed by atoms with van der Waals surface area (Å²) in [4.78, 5) is 4.16. The fraction of sp³-hybridized carbons (Fsp3) is 0.125. The number of hydrogen-bond acceptors (Lipinski definition) is 5. The lowest BCUT2D eigenvalue weighted by Crippen LogP contribution is -2.27. The molecule has 0 aliphatic heterocycles. The maximum absolute atomic E-state index is 12.9. The van der Waals surface area contributed by atoms with Gasteiger partial charge in [0.2, 0.25) is 21.7 Å². The summed E-state index contributed by atoms with van der Waals surface area (Å²) in [5.41, 5.74) is 0.765. The Bertz CT molecular complexity index is 925. The first kappa shape index (κ1) is 16.3. The molecule has 8 heteroatoms. The van der Waals surface area contributed by atoms with Gasteiger partial charge in [-0.3, -0.25) is 0 Å². The molecule has 0 bridgehead atoms. The molecule has 3 rings (SSSR count). The molecule has 1 N–H and O–H groups in total. The molecule has 1 heterocycles. The summed E-state index contributed by atoms with van der Waals surface area (Å²) in [7, 11) is -3.82. The first-order valence-corrected chi connectivity index (χ1v) is 8.61. The Balaban J connectivity index is 1.79. The molecule has 0 radical (unpaired) electrons. The van der Waals surface area contributed by atoms with Crippen molar-refractivity contribution in [3.63, 3.8) is 0 Å². The minimum atomic E-state index is -3.82. The largest absolute Gasteiger partial charge is 0.337 e. The number of nitrogens with one attached hydrogen (secondary N) is 1. The second-order valence-corrected chi connectivity index (χ2v) is 6.83. The van der Waals surface area contributed by atoms with Gasteiger partial charge >= 0.3 is 0 Å². The van der Waals surface area contributed by atoms with E-state index in [1.54, 1.807) is 6.92 Å². The van der Waals surface area contributed by atoms with Crippen molar-refractivity contribution < 1.29 is 17.3 Å². The van der Waals surface area contributed by atoms with E-state index in [1.807, 2.05) is 30.3 Å². The highest BCUT2D eigenvalue weighted by Gasteiger charge is 2.22. The molecule has 0 aliphatic rings. The van der Waals surface area contributed by atoms with Crippen LogP contribution < -0.4 is 4.72 Å². The van der Waals surface area contributed by atoms with Gasteiger partial charge in [-0.1, -0.05) is 35.5 Å². The number of benzene rings is 2. The fourth-order valence-electron chi connectivity index (χ4n) is 2.08.